The van der Waals surface area contributed by atoms with Gasteiger partial charge in [-0.15, -0.1) is 0 Å². The van der Waals surface area contributed by atoms with Crippen molar-refractivity contribution in [1.29, 1.82) is 15.8 Å². The molecule has 0 fully saturated rings. The maximum absolute atomic E-state index is 10.0. The first-order valence-corrected chi connectivity index (χ1v) is 9.79. The van der Waals surface area contributed by atoms with Crippen molar-refractivity contribution in [3.8, 4) is 24.0 Å². The number of fused-ring (bicyclic) bond motifs is 1. The molecule has 0 spiro atoms. The van der Waals surface area contributed by atoms with Gasteiger partial charge in [0.25, 0.3) is 0 Å². The molecule has 142 valence electrons. The minimum atomic E-state index is -1.58. The zero-order valence-corrected chi connectivity index (χ0v) is 16.1. The minimum absolute atomic E-state index is 0.0444. The lowest BCUT2D eigenvalue weighted by molar-refractivity contribution is 0.307. The van der Waals surface area contributed by atoms with E-state index in [4.69, 9.17) is 10.5 Å². The van der Waals surface area contributed by atoms with Gasteiger partial charge in [0, 0.05) is 5.92 Å². The van der Waals surface area contributed by atoms with Gasteiger partial charge in [-0.25, -0.2) is 0 Å². The highest BCUT2D eigenvalue weighted by atomic mass is 16.5. The SMILES string of the molecule is CCCCOc1ccc([C@@H]2[C@H]3CCCC=C3C(N)=C(C#N)C2(C#N)C#N)cc1. The molecule has 5 heteroatoms. The molecule has 28 heavy (non-hydrogen) atoms. The highest BCUT2D eigenvalue weighted by Gasteiger charge is 2.54. The smallest absolute Gasteiger partial charge is 0.187 e. The van der Waals surface area contributed by atoms with Crippen molar-refractivity contribution in [3.05, 3.63) is 52.7 Å². The molecule has 0 aliphatic heterocycles. The predicted octanol–water partition coefficient (Wildman–Crippen LogP) is 4.46. The normalized spacial score (nSPS) is 22.9. The third kappa shape index (κ3) is 3.12. The number of hydrogen-bond donors (Lipinski definition) is 1. The fourth-order valence-electron chi connectivity index (χ4n) is 4.38. The third-order valence-corrected chi connectivity index (χ3v) is 5.80. The van der Waals surface area contributed by atoms with E-state index in [2.05, 4.69) is 31.2 Å². The van der Waals surface area contributed by atoms with Crippen LogP contribution < -0.4 is 10.5 Å². The summed E-state index contributed by atoms with van der Waals surface area (Å²) in [6, 6.07) is 14.0. The van der Waals surface area contributed by atoms with Crippen LogP contribution in [0.3, 0.4) is 0 Å². The molecule has 0 saturated carbocycles. The summed E-state index contributed by atoms with van der Waals surface area (Å²) >= 11 is 0. The molecule has 5 nitrogen and oxygen atoms in total. The molecule has 0 radical (unpaired) electrons. The second-order valence-corrected chi connectivity index (χ2v) is 7.38. The lowest BCUT2D eigenvalue weighted by Gasteiger charge is -2.43. The van der Waals surface area contributed by atoms with Gasteiger partial charge in [0.1, 0.15) is 5.75 Å². The number of ether oxygens (including phenoxy) is 1. The number of nitrogens with two attached hydrogens (primary N) is 1. The van der Waals surface area contributed by atoms with Crippen molar-refractivity contribution in [2.75, 3.05) is 6.61 Å². The van der Waals surface area contributed by atoms with E-state index >= 15 is 0 Å². The Bertz CT molecular complexity index is 907. The summed E-state index contributed by atoms with van der Waals surface area (Å²) in [5, 5.41) is 29.8. The molecule has 1 aromatic rings. The number of benzene rings is 1. The summed E-state index contributed by atoms with van der Waals surface area (Å²) < 4.78 is 5.74. The number of nitriles is 3. The fourth-order valence-corrected chi connectivity index (χ4v) is 4.38. The predicted molar refractivity (Wildman–Crippen MR) is 105 cm³/mol. The summed E-state index contributed by atoms with van der Waals surface area (Å²) in [4.78, 5) is 0. The van der Waals surface area contributed by atoms with Crippen LogP contribution in [-0.4, -0.2) is 6.61 Å². The van der Waals surface area contributed by atoms with E-state index in [0.717, 1.165) is 49.0 Å². The van der Waals surface area contributed by atoms with E-state index in [1.165, 1.54) is 0 Å². The molecule has 0 amide bonds. The van der Waals surface area contributed by atoms with Crippen LogP contribution in [0, 0.1) is 45.3 Å². The number of nitrogens with zero attached hydrogens (tertiary/aromatic N) is 3. The molecule has 2 aliphatic rings. The van der Waals surface area contributed by atoms with Gasteiger partial charge in [-0.2, -0.15) is 15.8 Å². The van der Waals surface area contributed by atoms with E-state index in [1.54, 1.807) is 0 Å². The van der Waals surface area contributed by atoms with Crippen LogP contribution in [0.1, 0.15) is 50.5 Å². The Kier molecular flexibility index (Phi) is 5.72. The molecule has 0 saturated heterocycles. The monoisotopic (exact) mass is 372 g/mol. The third-order valence-electron chi connectivity index (χ3n) is 5.80. The zero-order valence-electron chi connectivity index (χ0n) is 16.1. The first kappa shape index (κ1) is 19.5. The Morgan fingerprint density at radius 3 is 2.50 bits per heavy atom. The molecule has 1 aromatic carbocycles. The summed E-state index contributed by atoms with van der Waals surface area (Å²) in [5.74, 6) is 0.292. The summed E-state index contributed by atoms with van der Waals surface area (Å²) in [5.41, 5.74) is 6.86. The van der Waals surface area contributed by atoms with Crippen LogP contribution in [0.2, 0.25) is 0 Å². The van der Waals surface area contributed by atoms with Gasteiger partial charge in [0.15, 0.2) is 5.41 Å². The Morgan fingerprint density at radius 2 is 1.89 bits per heavy atom. The zero-order chi connectivity index (χ0) is 20.1. The van der Waals surface area contributed by atoms with Crippen LogP contribution in [0.4, 0.5) is 0 Å². The average Bonchev–Trinajstić information content (AvgIpc) is 2.74. The number of allylic oxidation sites excluding steroid dienone is 3. The first-order valence-electron chi connectivity index (χ1n) is 9.79. The van der Waals surface area contributed by atoms with Crippen molar-refractivity contribution in [1.82, 2.24) is 0 Å². The highest BCUT2D eigenvalue weighted by Crippen LogP contribution is 2.56. The summed E-state index contributed by atoms with van der Waals surface area (Å²) in [7, 11) is 0. The van der Waals surface area contributed by atoms with Crippen molar-refractivity contribution >= 4 is 0 Å². The minimum Gasteiger partial charge on any atom is -0.494 e. The van der Waals surface area contributed by atoms with E-state index in [-0.39, 0.29) is 11.5 Å². The lowest BCUT2D eigenvalue weighted by atomic mass is 9.56. The highest BCUT2D eigenvalue weighted by molar-refractivity contribution is 5.59. The van der Waals surface area contributed by atoms with E-state index in [9.17, 15) is 15.8 Å². The standard InChI is InChI=1S/C23H24N4O/c1-2-3-12-28-17-10-8-16(9-11-17)21-18-6-4-5-7-19(18)22(27)20(13-24)23(21,14-25)15-26/h7-11,18,21H,2-6,12,27H2,1H3/t18-,21+/m0/s1. The van der Waals surface area contributed by atoms with Crippen molar-refractivity contribution in [2.24, 2.45) is 17.1 Å². The van der Waals surface area contributed by atoms with Gasteiger partial charge in [0.05, 0.1) is 36.1 Å². The number of hydrogen-bond acceptors (Lipinski definition) is 5. The van der Waals surface area contributed by atoms with Gasteiger partial charge in [-0.1, -0.05) is 31.6 Å². The molecular formula is C23H24N4O. The van der Waals surface area contributed by atoms with Crippen molar-refractivity contribution in [2.45, 2.75) is 44.9 Å². The summed E-state index contributed by atoms with van der Waals surface area (Å²) in [6.45, 7) is 2.77. The topological polar surface area (TPSA) is 107 Å². The van der Waals surface area contributed by atoms with Crippen LogP contribution in [0.5, 0.6) is 5.75 Å². The Balaban J connectivity index is 2.08. The molecule has 0 unspecified atom stereocenters. The van der Waals surface area contributed by atoms with Crippen LogP contribution in [0.15, 0.2) is 47.2 Å². The Labute approximate surface area is 166 Å². The van der Waals surface area contributed by atoms with Gasteiger partial charge in [0.2, 0.25) is 0 Å². The molecule has 0 heterocycles. The second-order valence-electron chi connectivity index (χ2n) is 7.38. The fraction of sp³-hybridized carbons (Fsp3) is 0.435. The maximum atomic E-state index is 10.0. The number of rotatable bonds is 5. The van der Waals surface area contributed by atoms with E-state index in [1.807, 2.05) is 24.3 Å². The average molecular weight is 372 g/mol. The second kappa shape index (κ2) is 8.20. The Morgan fingerprint density at radius 1 is 1.18 bits per heavy atom. The van der Waals surface area contributed by atoms with Crippen LogP contribution in [-0.2, 0) is 0 Å². The molecule has 2 N–H and O–H groups in total. The number of unbranched alkanes of at least 4 members (excludes halogenated alkanes) is 1. The molecule has 2 aliphatic carbocycles. The van der Waals surface area contributed by atoms with Crippen molar-refractivity contribution < 1.29 is 4.74 Å². The lowest BCUT2D eigenvalue weighted by Crippen LogP contribution is -2.41. The maximum Gasteiger partial charge on any atom is 0.187 e. The largest absolute Gasteiger partial charge is 0.494 e. The molecule has 0 aromatic heterocycles. The van der Waals surface area contributed by atoms with Gasteiger partial charge < -0.3 is 10.5 Å². The quantitative estimate of drug-likeness (QED) is 0.768. The van der Waals surface area contributed by atoms with E-state index in [0.29, 0.717) is 12.3 Å². The van der Waals surface area contributed by atoms with Crippen LogP contribution >= 0.6 is 0 Å². The first-order chi connectivity index (χ1) is 13.6. The van der Waals surface area contributed by atoms with Crippen LogP contribution in [0.25, 0.3) is 0 Å². The molecule has 3 rings (SSSR count). The van der Waals surface area contributed by atoms with Gasteiger partial charge >= 0.3 is 0 Å². The van der Waals surface area contributed by atoms with Gasteiger partial charge in [-0.3, -0.25) is 0 Å². The van der Waals surface area contributed by atoms with E-state index < -0.39 is 11.3 Å². The molecular weight excluding hydrogens is 348 g/mol. The summed E-state index contributed by atoms with van der Waals surface area (Å²) in [6.07, 6.45) is 6.83. The molecule has 2 atom stereocenters. The molecule has 0 bridgehead atoms. The van der Waals surface area contributed by atoms with Gasteiger partial charge in [-0.05, 0) is 54.9 Å². The Hall–Kier alpha value is -3.23. The van der Waals surface area contributed by atoms with Crippen molar-refractivity contribution in [3.63, 3.8) is 0 Å².